The van der Waals surface area contributed by atoms with Gasteiger partial charge in [0.05, 0.1) is 11.1 Å². The first-order chi connectivity index (χ1) is 8.45. The van der Waals surface area contributed by atoms with E-state index in [1.807, 2.05) is 0 Å². The lowest BCUT2D eigenvalue weighted by molar-refractivity contribution is -0.138. The molecule has 98 valence electrons. The number of Topliss-reactive ketones (excluding diaryl/α,β-unsaturated/α-hetero) is 1. The molecule has 0 radical (unpaired) electrons. The Bertz CT molecular complexity index is 455. The molecule has 1 unspecified atom stereocenters. The maximum absolute atomic E-state index is 12.8. The van der Waals surface area contributed by atoms with Gasteiger partial charge in [0, 0.05) is 19.5 Å². The maximum atomic E-state index is 12.8. The van der Waals surface area contributed by atoms with Gasteiger partial charge in [-0.2, -0.15) is 13.2 Å². The lowest BCUT2D eigenvalue weighted by Gasteiger charge is -2.16. The molecule has 1 heterocycles. The van der Waals surface area contributed by atoms with E-state index >= 15 is 0 Å². The molecule has 2 rings (SSSR count). The van der Waals surface area contributed by atoms with Crippen molar-refractivity contribution in [3.05, 3.63) is 29.6 Å². The number of ether oxygens (including phenoxy) is 1. The zero-order valence-corrected chi connectivity index (χ0v) is 9.70. The van der Waals surface area contributed by atoms with Crippen LogP contribution in [0.4, 0.5) is 13.2 Å². The largest absolute Gasteiger partial charge is 0.417 e. The second kappa shape index (κ2) is 4.68. The first kappa shape index (κ1) is 13.0. The van der Waals surface area contributed by atoms with E-state index in [0.29, 0.717) is 0 Å². The Labute approximate surface area is 102 Å². The summed E-state index contributed by atoms with van der Waals surface area (Å²) in [5.74, 6) is -0.607. The number of halogens is 3. The lowest BCUT2D eigenvalue weighted by atomic mass is 9.99. The number of pyridine rings is 1. The van der Waals surface area contributed by atoms with Gasteiger partial charge >= 0.3 is 6.18 Å². The third kappa shape index (κ3) is 2.53. The van der Waals surface area contributed by atoms with Crippen LogP contribution in [0.15, 0.2) is 18.5 Å². The molecule has 18 heavy (non-hydrogen) atoms. The maximum Gasteiger partial charge on any atom is 0.417 e. The molecule has 0 aliphatic heterocycles. The van der Waals surface area contributed by atoms with Gasteiger partial charge in [0.2, 0.25) is 0 Å². The summed E-state index contributed by atoms with van der Waals surface area (Å²) in [6.07, 6.45) is -1.75. The van der Waals surface area contributed by atoms with Gasteiger partial charge in [-0.3, -0.25) is 9.78 Å². The standard InChI is InChI=1S/C12H12F3NO2/c1-18-11(7-2-3-7)10(17)8-6-16-5-4-9(8)12(13,14)15/h4-7,11H,2-3H2,1H3. The van der Waals surface area contributed by atoms with Gasteiger partial charge in [0.15, 0.2) is 5.78 Å². The number of nitrogens with zero attached hydrogens (tertiary/aromatic N) is 1. The third-order valence-electron chi connectivity index (χ3n) is 2.95. The van der Waals surface area contributed by atoms with Crippen molar-refractivity contribution < 1.29 is 22.7 Å². The molecule has 1 atom stereocenters. The van der Waals surface area contributed by atoms with E-state index in [-0.39, 0.29) is 5.92 Å². The molecular weight excluding hydrogens is 247 g/mol. The Morgan fingerprint density at radius 3 is 2.67 bits per heavy atom. The second-order valence-corrected chi connectivity index (χ2v) is 4.28. The molecule has 0 spiro atoms. The minimum Gasteiger partial charge on any atom is -0.373 e. The minimum atomic E-state index is -4.56. The van der Waals surface area contributed by atoms with Gasteiger partial charge < -0.3 is 4.74 Å². The molecule has 1 fully saturated rings. The number of ketones is 1. The minimum absolute atomic E-state index is 0.0313. The Kier molecular flexibility index (Phi) is 3.38. The van der Waals surface area contributed by atoms with E-state index in [9.17, 15) is 18.0 Å². The van der Waals surface area contributed by atoms with Crippen molar-refractivity contribution in [1.82, 2.24) is 4.98 Å². The van der Waals surface area contributed by atoms with E-state index in [0.717, 1.165) is 31.3 Å². The number of aromatic nitrogens is 1. The number of alkyl halides is 3. The van der Waals surface area contributed by atoms with Crippen LogP contribution in [0.25, 0.3) is 0 Å². The zero-order chi connectivity index (χ0) is 13.3. The molecule has 1 aliphatic rings. The normalized spacial score (nSPS) is 17.6. The Hall–Kier alpha value is -1.43. The van der Waals surface area contributed by atoms with Crippen molar-refractivity contribution in [2.75, 3.05) is 7.11 Å². The number of rotatable bonds is 4. The predicted molar refractivity (Wildman–Crippen MR) is 57.1 cm³/mol. The highest BCUT2D eigenvalue weighted by molar-refractivity contribution is 6.01. The van der Waals surface area contributed by atoms with Crippen molar-refractivity contribution in [3.63, 3.8) is 0 Å². The summed E-state index contributed by atoms with van der Waals surface area (Å²) in [7, 11) is 1.34. The molecule has 0 aromatic carbocycles. The summed E-state index contributed by atoms with van der Waals surface area (Å²) in [5, 5.41) is 0. The number of hydrogen-bond acceptors (Lipinski definition) is 3. The summed E-state index contributed by atoms with van der Waals surface area (Å²) in [6, 6.07) is 0.812. The third-order valence-corrected chi connectivity index (χ3v) is 2.95. The molecular formula is C12H12F3NO2. The summed E-state index contributed by atoms with van der Waals surface area (Å²) in [5.41, 5.74) is -1.37. The quantitative estimate of drug-likeness (QED) is 0.780. The van der Waals surface area contributed by atoms with Crippen LogP contribution >= 0.6 is 0 Å². The van der Waals surface area contributed by atoms with Crippen LogP contribution in [0, 0.1) is 5.92 Å². The molecule has 3 nitrogen and oxygen atoms in total. The number of carbonyl (C=O) groups is 1. The Morgan fingerprint density at radius 1 is 1.50 bits per heavy atom. The smallest absolute Gasteiger partial charge is 0.373 e. The molecule has 6 heteroatoms. The van der Waals surface area contributed by atoms with Gasteiger partial charge in [0.25, 0.3) is 0 Å². The summed E-state index contributed by atoms with van der Waals surface area (Å²) in [6.45, 7) is 0. The molecule has 1 aliphatic carbocycles. The van der Waals surface area contributed by atoms with Gasteiger partial charge in [-0.15, -0.1) is 0 Å². The van der Waals surface area contributed by atoms with Gasteiger partial charge in [-0.25, -0.2) is 0 Å². The van der Waals surface area contributed by atoms with Crippen molar-refractivity contribution in [1.29, 1.82) is 0 Å². The molecule has 0 N–H and O–H groups in total. The topological polar surface area (TPSA) is 39.2 Å². The van der Waals surface area contributed by atoms with Crippen LogP contribution in [-0.2, 0) is 10.9 Å². The number of hydrogen-bond donors (Lipinski definition) is 0. The first-order valence-corrected chi connectivity index (χ1v) is 5.53. The van der Waals surface area contributed by atoms with Crippen molar-refractivity contribution in [3.8, 4) is 0 Å². The molecule has 1 aromatic heterocycles. The highest BCUT2D eigenvalue weighted by atomic mass is 19.4. The first-order valence-electron chi connectivity index (χ1n) is 5.53. The van der Waals surface area contributed by atoms with Gasteiger partial charge in [-0.1, -0.05) is 0 Å². The fourth-order valence-electron chi connectivity index (χ4n) is 1.90. The molecule has 0 saturated heterocycles. The Balaban J connectivity index is 2.35. The van der Waals surface area contributed by atoms with E-state index in [1.165, 1.54) is 7.11 Å². The highest BCUT2D eigenvalue weighted by Gasteiger charge is 2.41. The average molecular weight is 259 g/mol. The SMILES string of the molecule is COC(C(=O)c1cnccc1C(F)(F)F)C1CC1. The van der Waals surface area contributed by atoms with Crippen LogP contribution < -0.4 is 0 Å². The summed E-state index contributed by atoms with van der Waals surface area (Å²) >= 11 is 0. The van der Waals surface area contributed by atoms with Crippen LogP contribution in [0.3, 0.4) is 0 Å². The summed E-state index contributed by atoms with van der Waals surface area (Å²) in [4.78, 5) is 15.7. The fourth-order valence-corrected chi connectivity index (χ4v) is 1.90. The van der Waals surface area contributed by atoms with Gasteiger partial charge in [-0.05, 0) is 24.8 Å². The molecule has 0 amide bonds. The number of methoxy groups -OCH3 is 1. The van der Waals surface area contributed by atoms with E-state index in [4.69, 9.17) is 4.74 Å². The monoisotopic (exact) mass is 259 g/mol. The zero-order valence-electron chi connectivity index (χ0n) is 9.70. The molecule has 0 bridgehead atoms. The molecule has 1 saturated carbocycles. The van der Waals surface area contributed by atoms with Crippen molar-refractivity contribution in [2.24, 2.45) is 5.92 Å². The average Bonchev–Trinajstić information content (AvgIpc) is 3.13. The van der Waals surface area contributed by atoms with Crippen LogP contribution in [0.1, 0.15) is 28.8 Å². The lowest BCUT2D eigenvalue weighted by Crippen LogP contribution is -2.27. The van der Waals surface area contributed by atoms with Gasteiger partial charge in [0.1, 0.15) is 6.10 Å². The number of carbonyl (C=O) groups excluding carboxylic acids is 1. The molecule has 1 aromatic rings. The predicted octanol–water partition coefficient (Wildman–Crippen LogP) is 2.71. The van der Waals surface area contributed by atoms with Crippen molar-refractivity contribution in [2.45, 2.75) is 25.1 Å². The van der Waals surface area contributed by atoms with Crippen molar-refractivity contribution >= 4 is 5.78 Å². The fraction of sp³-hybridized carbons (Fsp3) is 0.500. The highest BCUT2D eigenvalue weighted by Crippen LogP contribution is 2.38. The second-order valence-electron chi connectivity index (χ2n) is 4.28. The summed E-state index contributed by atoms with van der Waals surface area (Å²) < 4.78 is 43.3. The van der Waals surface area contributed by atoms with E-state index < -0.39 is 29.2 Å². The Morgan fingerprint density at radius 2 is 2.17 bits per heavy atom. The van der Waals surface area contributed by atoms with Crippen LogP contribution in [0.5, 0.6) is 0 Å². The van der Waals surface area contributed by atoms with E-state index in [1.54, 1.807) is 0 Å². The van der Waals surface area contributed by atoms with E-state index in [2.05, 4.69) is 4.98 Å². The van der Waals surface area contributed by atoms with Crippen LogP contribution in [0.2, 0.25) is 0 Å². The van der Waals surface area contributed by atoms with Crippen LogP contribution in [-0.4, -0.2) is 24.0 Å².